The number of carbonyl (C=O) groups is 3. The Morgan fingerprint density at radius 2 is 0.538 bits per heavy atom. The van der Waals surface area contributed by atoms with Gasteiger partial charge >= 0.3 is 0 Å². The molecule has 12 N–H and O–H groups in total. The Hall–Kier alpha value is -2.67. The summed E-state index contributed by atoms with van der Waals surface area (Å²) in [5.41, 5.74) is 0. The van der Waals surface area contributed by atoms with Gasteiger partial charge in [0.1, 0.15) is 36.6 Å². The first kappa shape index (κ1) is 101. The summed E-state index contributed by atoms with van der Waals surface area (Å²) in [6.45, 7) is 18.0. The fourth-order valence-corrected chi connectivity index (χ4v) is 8.51. The second kappa shape index (κ2) is 78.5. The van der Waals surface area contributed by atoms with Gasteiger partial charge in [-0.3, -0.25) is 19.3 Å². The van der Waals surface area contributed by atoms with E-state index in [1.807, 2.05) is 6.92 Å². The number of rotatable bonds is 86. The fourth-order valence-electron chi connectivity index (χ4n) is 8.51. The van der Waals surface area contributed by atoms with Gasteiger partial charge in [0.2, 0.25) is 11.8 Å². The highest BCUT2D eigenvalue weighted by atomic mass is 16.6. The van der Waals surface area contributed by atoms with Crippen molar-refractivity contribution < 1.29 is 165 Å². The SMILES string of the molecule is CCOCCOCCOCCOCCOCCOCCOCCOCCOCCC(=O)NCCCCC(NC(=O)CCOCCOCCOCCOCCOCCOCCOCCOCCOCCOCCOCCOCCN(C[C@H](O)[C@@H](O)[C@H](O)[C@H](O)CO)C[C@H](O)[C@@H](O)[C@H](O)[C@H](O)CO)C(C)=O. The molecule has 0 spiro atoms. The van der Waals surface area contributed by atoms with Gasteiger partial charge in [-0.15, -0.1) is 0 Å². The summed E-state index contributed by atoms with van der Waals surface area (Å²) < 4.78 is 115. The van der Waals surface area contributed by atoms with Crippen molar-refractivity contribution in [2.24, 2.45) is 0 Å². The van der Waals surface area contributed by atoms with Crippen LogP contribution < -0.4 is 10.6 Å². The number of aliphatic hydroxyl groups excluding tert-OH is 10. The molecule has 0 fully saturated rings. The van der Waals surface area contributed by atoms with Crippen LogP contribution in [-0.4, -0.2) is 445 Å². The minimum Gasteiger partial charge on any atom is -0.394 e. The molecule has 104 heavy (non-hydrogen) atoms. The van der Waals surface area contributed by atoms with E-state index in [1.165, 1.54) is 11.8 Å². The lowest BCUT2D eigenvalue weighted by Crippen LogP contribution is -2.53. The van der Waals surface area contributed by atoms with E-state index < -0.39 is 81.2 Å². The van der Waals surface area contributed by atoms with Gasteiger partial charge in [-0.1, -0.05) is 0 Å². The predicted octanol–water partition coefficient (Wildman–Crippen LogP) is -5.33. The number of ether oxygens (including phenoxy) is 21. The van der Waals surface area contributed by atoms with Gasteiger partial charge in [0.05, 0.1) is 302 Å². The Morgan fingerprint density at radius 1 is 0.308 bits per heavy atom. The molecular weight excluding hydrogens is 1390 g/mol. The van der Waals surface area contributed by atoms with Crippen molar-refractivity contribution >= 4 is 17.6 Å². The molecule has 0 saturated heterocycles. The lowest BCUT2D eigenvalue weighted by atomic mass is 10.0. The molecule has 0 aliphatic heterocycles. The van der Waals surface area contributed by atoms with E-state index in [2.05, 4.69) is 10.6 Å². The van der Waals surface area contributed by atoms with Crippen LogP contribution in [0.1, 0.15) is 46.0 Å². The van der Waals surface area contributed by atoms with Crippen LogP contribution in [0, 0.1) is 0 Å². The van der Waals surface area contributed by atoms with Gasteiger partial charge in [-0.25, -0.2) is 0 Å². The highest BCUT2D eigenvalue weighted by Gasteiger charge is 2.34. The van der Waals surface area contributed by atoms with Gasteiger partial charge < -0.3 is 161 Å². The van der Waals surface area contributed by atoms with Crippen LogP contribution in [-0.2, 0) is 114 Å². The van der Waals surface area contributed by atoms with E-state index in [0.29, 0.717) is 264 Å². The van der Waals surface area contributed by atoms with Crippen LogP contribution in [0.2, 0.25) is 0 Å². The lowest BCUT2D eigenvalue weighted by Gasteiger charge is -2.33. The zero-order chi connectivity index (χ0) is 76.2. The van der Waals surface area contributed by atoms with Crippen molar-refractivity contribution in [1.82, 2.24) is 15.5 Å². The van der Waals surface area contributed by atoms with Gasteiger partial charge in [-0.2, -0.15) is 0 Å². The maximum Gasteiger partial charge on any atom is 0.222 e. The maximum atomic E-state index is 12.5. The number of hydrogen-bond acceptors (Lipinski definition) is 35. The molecule has 1 unspecified atom stereocenters. The second-order valence-electron chi connectivity index (χ2n) is 22.9. The second-order valence-corrected chi connectivity index (χ2v) is 22.9. The molecule has 37 heteroatoms. The van der Waals surface area contributed by atoms with E-state index >= 15 is 0 Å². The number of unbranched alkanes of at least 4 members (excludes halogenated alkanes) is 1. The maximum absolute atomic E-state index is 12.5. The van der Waals surface area contributed by atoms with Crippen molar-refractivity contribution in [2.45, 2.75) is 101 Å². The Bertz CT molecular complexity index is 1800. The van der Waals surface area contributed by atoms with Crippen molar-refractivity contribution in [2.75, 3.05) is 317 Å². The quantitative estimate of drug-likeness (QED) is 0.0253. The largest absolute Gasteiger partial charge is 0.394 e. The van der Waals surface area contributed by atoms with Gasteiger partial charge in [0.15, 0.2) is 5.78 Å². The van der Waals surface area contributed by atoms with Crippen molar-refractivity contribution in [3.8, 4) is 0 Å². The number of nitrogens with zero attached hydrogens (tertiary/aromatic N) is 1. The number of amides is 2. The highest BCUT2D eigenvalue weighted by Crippen LogP contribution is 2.12. The summed E-state index contributed by atoms with van der Waals surface area (Å²) in [6, 6.07) is -0.611. The molecule has 0 rings (SSSR count). The minimum atomic E-state index is -1.89. The van der Waals surface area contributed by atoms with Crippen LogP contribution in [0.25, 0.3) is 0 Å². The molecule has 0 aliphatic carbocycles. The average molecular weight is 1520 g/mol. The molecule has 2 amide bonds. The summed E-state index contributed by atoms with van der Waals surface area (Å²) in [7, 11) is 0. The summed E-state index contributed by atoms with van der Waals surface area (Å²) >= 11 is 0. The molecule has 620 valence electrons. The standard InChI is InChI=1S/C67H133N3O34/c1-3-84-14-15-88-22-23-92-30-31-96-38-39-100-43-40-97-35-32-93-27-24-89-19-16-85-11-7-62(78)68-9-5-4-6-57(56(2)73)69-63(79)8-12-86-17-20-90-25-28-94-33-36-98-41-44-101-46-48-103-50-51-104-49-47-102-45-42-99-37-34-95-29-26-91-21-18-87-13-10-70(52-58(74)64(80)66(82)60(76)54-71)53-59(75)65(81)67(83)61(77)55-72/h57-61,64-67,71-72,74-77,80-83H,3-55H2,1-2H3,(H,68,78)(H,69,79)/t57?,58-,59-,60+,61+,64+,65+,66+,67+/m0/s1. The third-order valence-electron chi connectivity index (χ3n) is 14.4. The molecule has 0 aromatic rings. The molecule has 0 aliphatic rings. The van der Waals surface area contributed by atoms with Crippen LogP contribution in [0.15, 0.2) is 0 Å². The van der Waals surface area contributed by atoms with E-state index in [-0.39, 0.29) is 76.6 Å². The van der Waals surface area contributed by atoms with E-state index in [0.717, 1.165) is 0 Å². The Labute approximate surface area is 613 Å². The van der Waals surface area contributed by atoms with E-state index in [4.69, 9.17) is 110 Å². The molecule has 0 heterocycles. The smallest absolute Gasteiger partial charge is 0.222 e. The fraction of sp³-hybridized carbons (Fsp3) is 0.955. The minimum absolute atomic E-state index is 0.0167. The molecule has 0 aromatic carbocycles. The Balaban J connectivity index is 3.56. The molecule has 0 radical (unpaired) electrons. The zero-order valence-corrected chi connectivity index (χ0v) is 61.9. The van der Waals surface area contributed by atoms with Crippen molar-refractivity contribution in [1.29, 1.82) is 0 Å². The topological polar surface area (TPSA) is 475 Å². The number of nitrogens with one attached hydrogen (secondary N) is 2. The van der Waals surface area contributed by atoms with Gasteiger partial charge in [0, 0.05) is 45.6 Å². The van der Waals surface area contributed by atoms with Crippen molar-refractivity contribution in [3.05, 3.63) is 0 Å². The molecule has 0 saturated carbocycles. The third-order valence-corrected chi connectivity index (χ3v) is 14.4. The Kier molecular flexibility index (Phi) is 76.4. The number of carbonyl (C=O) groups excluding carboxylic acids is 3. The number of ketones is 1. The molecule has 37 nitrogen and oxygen atoms in total. The normalized spacial score (nSPS) is 14.5. The summed E-state index contributed by atoms with van der Waals surface area (Å²) in [6.07, 6.45) is -12.3. The number of aliphatic hydroxyl groups is 10. The third kappa shape index (κ3) is 67.4. The zero-order valence-electron chi connectivity index (χ0n) is 61.9. The molecular formula is C67H133N3O34. The van der Waals surface area contributed by atoms with Crippen LogP contribution >= 0.6 is 0 Å². The Morgan fingerprint density at radius 3 is 0.788 bits per heavy atom. The first-order valence-corrected chi connectivity index (χ1v) is 36.3. The van der Waals surface area contributed by atoms with Crippen LogP contribution in [0.4, 0.5) is 0 Å². The molecule has 9 atom stereocenters. The number of hydrogen-bond donors (Lipinski definition) is 12. The molecule has 0 bridgehead atoms. The van der Waals surface area contributed by atoms with E-state index in [9.17, 15) is 55.2 Å². The summed E-state index contributed by atoms with van der Waals surface area (Å²) in [5, 5.41) is 104. The van der Waals surface area contributed by atoms with Crippen LogP contribution in [0.3, 0.4) is 0 Å². The van der Waals surface area contributed by atoms with E-state index in [1.54, 1.807) is 0 Å². The predicted molar refractivity (Wildman–Crippen MR) is 370 cm³/mol. The monoisotopic (exact) mass is 1520 g/mol. The summed E-state index contributed by atoms with van der Waals surface area (Å²) in [4.78, 5) is 38.2. The molecule has 0 aromatic heterocycles. The summed E-state index contributed by atoms with van der Waals surface area (Å²) in [5.74, 6) is -0.553. The lowest BCUT2D eigenvalue weighted by molar-refractivity contribution is -0.131. The first-order chi connectivity index (χ1) is 50.7. The van der Waals surface area contributed by atoms with Crippen LogP contribution in [0.5, 0.6) is 0 Å². The number of Topliss-reactive ketones (excluding diaryl/α,β-unsaturated/α-hetero) is 1. The average Bonchev–Trinajstić information content (AvgIpc) is 0.878. The first-order valence-electron chi connectivity index (χ1n) is 36.3. The van der Waals surface area contributed by atoms with Gasteiger partial charge in [0.25, 0.3) is 0 Å². The van der Waals surface area contributed by atoms with Gasteiger partial charge in [-0.05, 0) is 33.1 Å². The van der Waals surface area contributed by atoms with Crippen molar-refractivity contribution in [3.63, 3.8) is 0 Å². The highest BCUT2D eigenvalue weighted by molar-refractivity contribution is 5.87.